The summed E-state index contributed by atoms with van der Waals surface area (Å²) in [7, 11) is 0. The van der Waals surface area contributed by atoms with Crippen LogP contribution in [0, 0.1) is 0 Å². The summed E-state index contributed by atoms with van der Waals surface area (Å²) < 4.78 is 0. The van der Waals surface area contributed by atoms with Crippen molar-refractivity contribution in [2.24, 2.45) is 0 Å². The van der Waals surface area contributed by atoms with E-state index in [2.05, 4.69) is 66.7 Å². The van der Waals surface area contributed by atoms with Crippen LogP contribution in [0.2, 0.25) is 0 Å². The Morgan fingerprint density at radius 2 is 1.67 bits per heavy atom. The number of rotatable bonds is 2. The second-order valence-electron chi connectivity index (χ2n) is 5.26. The molecule has 0 fully saturated rings. The average molecular weight is 308 g/mol. The third-order valence-electron chi connectivity index (χ3n) is 3.90. The standard InChI is InChI=1S/C19H16S2/c1-2-7-15(8-3-1)21-18-12-13-20-19-16-9-5-4-6-14(16)10-11-17(18)19/h1-11,18H,12-13H2. The van der Waals surface area contributed by atoms with Gasteiger partial charge >= 0.3 is 0 Å². The molecule has 0 saturated heterocycles. The molecule has 3 aromatic carbocycles. The van der Waals surface area contributed by atoms with Gasteiger partial charge in [-0.2, -0.15) is 0 Å². The first-order chi connectivity index (χ1) is 10.4. The van der Waals surface area contributed by atoms with E-state index in [0.29, 0.717) is 5.25 Å². The highest BCUT2D eigenvalue weighted by molar-refractivity contribution is 8.01. The van der Waals surface area contributed by atoms with Gasteiger partial charge in [0.15, 0.2) is 0 Å². The zero-order valence-electron chi connectivity index (χ0n) is 11.7. The fourth-order valence-corrected chi connectivity index (χ4v) is 5.59. The van der Waals surface area contributed by atoms with Gasteiger partial charge in [-0.3, -0.25) is 0 Å². The van der Waals surface area contributed by atoms with Crippen molar-refractivity contribution in [3.63, 3.8) is 0 Å². The number of hydrogen-bond donors (Lipinski definition) is 0. The summed E-state index contributed by atoms with van der Waals surface area (Å²) in [5.41, 5.74) is 1.51. The third kappa shape index (κ3) is 2.58. The molecular weight excluding hydrogens is 292 g/mol. The van der Waals surface area contributed by atoms with Gasteiger partial charge < -0.3 is 0 Å². The SMILES string of the molecule is c1ccc(SC2CCSc3c2ccc2ccccc32)cc1. The Balaban J connectivity index is 1.76. The van der Waals surface area contributed by atoms with Crippen LogP contribution in [0.1, 0.15) is 17.2 Å². The Bertz CT molecular complexity index is 765. The van der Waals surface area contributed by atoms with Gasteiger partial charge in [0.25, 0.3) is 0 Å². The highest BCUT2D eigenvalue weighted by atomic mass is 32.2. The molecule has 3 aromatic rings. The van der Waals surface area contributed by atoms with Crippen LogP contribution in [0.3, 0.4) is 0 Å². The highest BCUT2D eigenvalue weighted by Gasteiger charge is 2.23. The van der Waals surface area contributed by atoms with E-state index in [1.165, 1.54) is 38.3 Å². The Labute approximate surface area is 134 Å². The van der Waals surface area contributed by atoms with Gasteiger partial charge in [-0.15, -0.1) is 23.5 Å². The van der Waals surface area contributed by atoms with Gasteiger partial charge in [-0.1, -0.05) is 54.6 Å². The Morgan fingerprint density at radius 1 is 0.857 bits per heavy atom. The largest absolute Gasteiger partial charge is 0.125 e. The topological polar surface area (TPSA) is 0 Å². The van der Waals surface area contributed by atoms with Gasteiger partial charge in [0.1, 0.15) is 0 Å². The lowest BCUT2D eigenvalue weighted by atomic mass is 10.0. The fourth-order valence-electron chi connectivity index (χ4n) is 2.88. The molecule has 2 heteroatoms. The molecule has 21 heavy (non-hydrogen) atoms. The highest BCUT2D eigenvalue weighted by Crippen LogP contribution is 2.48. The third-order valence-corrected chi connectivity index (χ3v) is 6.41. The molecule has 0 aliphatic carbocycles. The van der Waals surface area contributed by atoms with Crippen molar-refractivity contribution in [3.05, 3.63) is 72.3 Å². The number of hydrogen-bond acceptors (Lipinski definition) is 2. The smallest absolute Gasteiger partial charge is 0.0363 e. The van der Waals surface area contributed by atoms with Crippen molar-refractivity contribution in [2.45, 2.75) is 21.5 Å². The molecule has 1 aliphatic heterocycles. The van der Waals surface area contributed by atoms with Crippen LogP contribution in [0.25, 0.3) is 10.8 Å². The first-order valence-electron chi connectivity index (χ1n) is 7.28. The normalized spacial score (nSPS) is 17.6. The predicted molar refractivity (Wildman–Crippen MR) is 94.3 cm³/mol. The lowest BCUT2D eigenvalue weighted by Crippen LogP contribution is -2.04. The second-order valence-corrected chi connectivity index (χ2v) is 7.64. The second kappa shape index (κ2) is 5.78. The molecule has 104 valence electrons. The van der Waals surface area contributed by atoms with Crippen LogP contribution in [0.4, 0.5) is 0 Å². The molecule has 1 aliphatic rings. The number of thioether (sulfide) groups is 2. The van der Waals surface area contributed by atoms with E-state index < -0.39 is 0 Å². The van der Waals surface area contributed by atoms with Crippen LogP contribution in [-0.2, 0) is 0 Å². The molecule has 4 rings (SSSR count). The van der Waals surface area contributed by atoms with E-state index in [0.717, 1.165) is 0 Å². The predicted octanol–water partition coefficient (Wildman–Crippen LogP) is 6.17. The molecule has 0 amide bonds. The Morgan fingerprint density at radius 3 is 2.57 bits per heavy atom. The molecule has 1 unspecified atom stereocenters. The van der Waals surface area contributed by atoms with E-state index in [9.17, 15) is 0 Å². The summed E-state index contributed by atoms with van der Waals surface area (Å²) >= 11 is 4.02. The molecule has 0 nitrogen and oxygen atoms in total. The van der Waals surface area contributed by atoms with Crippen LogP contribution >= 0.6 is 23.5 Å². The minimum atomic E-state index is 0.577. The van der Waals surface area contributed by atoms with Crippen LogP contribution in [-0.4, -0.2) is 5.75 Å². The summed E-state index contributed by atoms with van der Waals surface area (Å²) in [6.45, 7) is 0. The maximum atomic E-state index is 2.34. The van der Waals surface area contributed by atoms with Crippen molar-refractivity contribution in [2.75, 3.05) is 5.75 Å². The summed E-state index contributed by atoms with van der Waals surface area (Å²) in [6.07, 6.45) is 1.25. The molecule has 0 aromatic heterocycles. The first-order valence-corrected chi connectivity index (χ1v) is 9.14. The summed E-state index contributed by atoms with van der Waals surface area (Å²) in [5, 5.41) is 3.35. The van der Waals surface area contributed by atoms with E-state index >= 15 is 0 Å². The minimum Gasteiger partial charge on any atom is -0.125 e. The lowest BCUT2D eigenvalue weighted by molar-refractivity contribution is 0.870. The molecule has 1 atom stereocenters. The minimum absolute atomic E-state index is 0.577. The van der Waals surface area contributed by atoms with Gasteiger partial charge in [0.05, 0.1) is 0 Å². The average Bonchev–Trinajstić information content (AvgIpc) is 2.56. The molecular formula is C19H16S2. The molecule has 0 saturated carbocycles. The van der Waals surface area contributed by atoms with E-state index in [-0.39, 0.29) is 0 Å². The van der Waals surface area contributed by atoms with Crippen LogP contribution < -0.4 is 0 Å². The molecule has 1 heterocycles. The van der Waals surface area contributed by atoms with Crippen molar-refractivity contribution >= 4 is 34.3 Å². The van der Waals surface area contributed by atoms with Crippen molar-refractivity contribution in [1.82, 2.24) is 0 Å². The van der Waals surface area contributed by atoms with Gasteiger partial charge in [0, 0.05) is 15.0 Å². The Kier molecular flexibility index (Phi) is 3.66. The zero-order chi connectivity index (χ0) is 14.1. The van der Waals surface area contributed by atoms with Gasteiger partial charge in [-0.25, -0.2) is 0 Å². The molecule has 0 N–H and O–H groups in total. The summed E-state index contributed by atoms with van der Waals surface area (Å²) in [6, 6.07) is 24.1. The van der Waals surface area contributed by atoms with Crippen molar-refractivity contribution in [3.8, 4) is 0 Å². The monoisotopic (exact) mass is 308 g/mol. The van der Waals surface area contributed by atoms with Gasteiger partial charge in [-0.05, 0) is 40.6 Å². The summed E-state index contributed by atoms with van der Waals surface area (Å²) in [5.74, 6) is 1.21. The van der Waals surface area contributed by atoms with Crippen molar-refractivity contribution < 1.29 is 0 Å². The van der Waals surface area contributed by atoms with Crippen molar-refractivity contribution in [1.29, 1.82) is 0 Å². The zero-order valence-corrected chi connectivity index (χ0v) is 13.3. The first kappa shape index (κ1) is 13.3. The number of benzene rings is 3. The van der Waals surface area contributed by atoms with Crippen LogP contribution in [0.15, 0.2) is 76.5 Å². The number of fused-ring (bicyclic) bond motifs is 3. The van der Waals surface area contributed by atoms with Crippen LogP contribution in [0.5, 0.6) is 0 Å². The Hall–Kier alpha value is -1.38. The maximum Gasteiger partial charge on any atom is 0.0363 e. The lowest BCUT2D eigenvalue weighted by Gasteiger charge is -2.26. The maximum absolute atomic E-state index is 2.34. The van der Waals surface area contributed by atoms with E-state index in [1.807, 2.05) is 23.5 Å². The van der Waals surface area contributed by atoms with E-state index in [1.54, 1.807) is 0 Å². The molecule has 0 bridgehead atoms. The van der Waals surface area contributed by atoms with Gasteiger partial charge in [0.2, 0.25) is 0 Å². The van der Waals surface area contributed by atoms with E-state index in [4.69, 9.17) is 0 Å². The summed E-state index contributed by atoms with van der Waals surface area (Å²) in [4.78, 5) is 2.86. The fraction of sp³-hybridized carbons (Fsp3) is 0.158. The molecule has 0 radical (unpaired) electrons. The quantitative estimate of drug-likeness (QED) is 0.555. The molecule has 0 spiro atoms.